The molecular formula is C12H12BrClN2S. The maximum atomic E-state index is 6.07. The second kappa shape index (κ2) is 5.85. The van der Waals surface area contributed by atoms with Crippen LogP contribution in [-0.2, 0) is 0 Å². The third kappa shape index (κ3) is 3.21. The highest BCUT2D eigenvalue weighted by molar-refractivity contribution is 9.10. The van der Waals surface area contributed by atoms with Crippen molar-refractivity contribution in [2.45, 2.75) is 19.4 Å². The van der Waals surface area contributed by atoms with Crippen LogP contribution < -0.4 is 5.32 Å². The van der Waals surface area contributed by atoms with Crippen molar-refractivity contribution < 1.29 is 0 Å². The topological polar surface area (TPSA) is 24.9 Å². The number of rotatable bonds is 4. The molecule has 0 fully saturated rings. The Kier molecular flexibility index (Phi) is 4.42. The summed E-state index contributed by atoms with van der Waals surface area (Å²) >= 11 is 11.2. The lowest BCUT2D eigenvalue weighted by Crippen LogP contribution is -2.08. The van der Waals surface area contributed by atoms with Crippen LogP contribution in [0.4, 0.5) is 5.69 Å². The number of nitrogens with one attached hydrogen (secondary N) is 1. The van der Waals surface area contributed by atoms with Crippen LogP contribution in [0.5, 0.6) is 0 Å². The maximum absolute atomic E-state index is 6.07. The molecule has 90 valence electrons. The molecule has 2 aromatic heterocycles. The number of nitrogens with zero attached hydrogens (tertiary/aromatic N) is 1. The fourth-order valence-corrected chi connectivity index (χ4v) is 2.93. The minimum Gasteiger partial charge on any atom is -0.375 e. The summed E-state index contributed by atoms with van der Waals surface area (Å²) in [4.78, 5) is 5.42. The predicted molar refractivity (Wildman–Crippen MR) is 77.9 cm³/mol. The van der Waals surface area contributed by atoms with Crippen molar-refractivity contribution in [2.75, 3.05) is 5.32 Å². The van der Waals surface area contributed by atoms with Crippen molar-refractivity contribution in [1.82, 2.24) is 4.98 Å². The zero-order valence-electron chi connectivity index (χ0n) is 9.28. The Balaban J connectivity index is 2.21. The Morgan fingerprint density at radius 3 is 3.06 bits per heavy atom. The van der Waals surface area contributed by atoms with Crippen LogP contribution in [0, 0.1) is 0 Å². The van der Waals surface area contributed by atoms with E-state index in [1.54, 1.807) is 17.5 Å². The summed E-state index contributed by atoms with van der Waals surface area (Å²) in [7, 11) is 0. The van der Waals surface area contributed by atoms with Gasteiger partial charge in [0.05, 0.1) is 11.7 Å². The van der Waals surface area contributed by atoms with E-state index in [0.717, 1.165) is 16.6 Å². The van der Waals surface area contributed by atoms with Gasteiger partial charge in [0.25, 0.3) is 0 Å². The number of anilines is 1. The van der Waals surface area contributed by atoms with Gasteiger partial charge >= 0.3 is 0 Å². The average molecular weight is 332 g/mol. The van der Waals surface area contributed by atoms with Crippen molar-refractivity contribution in [1.29, 1.82) is 0 Å². The minimum absolute atomic E-state index is 0.281. The monoisotopic (exact) mass is 330 g/mol. The molecule has 0 bridgehead atoms. The molecule has 2 rings (SSSR count). The molecule has 5 heteroatoms. The van der Waals surface area contributed by atoms with Gasteiger partial charge in [-0.2, -0.15) is 0 Å². The van der Waals surface area contributed by atoms with Gasteiger partial charge in [-0.1, -0.05) is 24.6 Å². The molecule has 0 aliphatic heterocycles. The fraction of sp³-hybridized carbons (Fsp3) is 0.250. The Bertz CT molecular complexity index is 487. The van der Waals surface area contributed by atoms with Crippen molar-refractivity contribution >= 4 is 44.6 Å². The first-order chi connectivity index (χ1) is 8.20. The second-order valence-electron chi connectivity index (χ2n) is 3.61. The lowest BCUT2D eigenvalue weighted by Gasteiger charge is -2.17. The number of thiophene rings is 1. The highest BCUT2D eigenvalue weighted by Gasteiger charge is 2.12. The number of halogens is 2. The van der Waals surface area contributed by atoms with E-state index in [4.69, 9.17) is 11.6 Å². The zero-order valence-corrected chi connectivity index (χ0v) is 12.4. The SMILES string of the molecule is CCC(Nc1cc(Br)cnc1Cl)c1cccs1. The van der Waals surface area contributed by atoms with Gasteiger partial charge in [-0.3, -0.25) is 0 Å². The van der Waals surface area contributed by atoms with Crippen molar-refractivity contribution in [3.8, 4) is 0 Å². The average Bonchev–Trinajstić information content (AvgIpc) is 2.84. The number of pyridine rings is 1. The van der Waals surface area contributed by atoms with Crippen LogP contribution in [0.2, 0.25) is 5.15 Å². The first kappa shape index (κ1) is 12.9. The summed E-state index contributed by atoms with van der Waals surface area (Å²) < 4.78 is 0.922. The first-order valence-electron chi connectivity index (χ1n) is 5.31. The molecule has 0 radical (unpaired) electrons. The standard InChI is InChI=1S/C12H12BrClN2S/c1-2-9(11-4-3-5-17-11)16-10-6-8(13)7-15-12(10)14/h3-7,9,16H,2H2,1H3. The Morgan fingerprint density at radius 1 is 1.59 bits per heavy atom. The van der Waals surface area contributed by atoms with Gasteiger partial charge in [-0.15, -0.1) is 11.3 Å². The van der Waals surface area contributed by atoms with E-state index in [9.17, 15) is 0 Å². The molecule has 2 nitrogen and oxygen atoms in total. The summed E-state index contributed by atoms with van der Waals surface area (Å²) in [5.74, 6) is 0. The van der Waals surface area contributed by atoms with Gasteiger partial charge in [0.1, 0.15) is 0 Å². The van der Waals surface area contributed by atoms with E-state index in [0.29, 0.717) is 5.15 Å². The molecule has 0 spiro atoms. The summed E-state index contributed by atoms with van der Waals surface area (Å²) in [5.41, 5.74) is 0.862. The molecule has 1 atom stereocenters. The Morgan fingerprint density at radius 2 is 2.41 bits per heavy atom. The van der Waals surface area contributed by atoms with Crippen LogP contribution in [0.1, 0.15) is 24.3 Å². The Hall–Kier alpha value is -0.580. The summed E-state index contributed by atoms with van der Waals surface area (Å²) in [5, 5.41) is 6.01. The lowest BCUT2D eigenvalue weighted by molar-refractivity contribution is 0.763. The highest BCUT2D eigenvalue weighted by Crippen LogP contribution is 2.30. The quantitative estimate of drug-likeness (QED) is 0.786. The first-order valence-corrected chi connectivity index (χ1v) is 7.36. The summed E-state index contributed by atoms with van der Waals surface area (Å²) in [6, 6.07) is 6.42. The molecule has 2 aromatic rings. The van der Waals surface area contributed by atoms with Crippen molar-refractivity contribution in [2.24, 2.45) is 0 Å². The second-order valence-corrected chi connectivity index (χ2v) is 5.87. The third-order valence-corrected chi connectivity index (χ3v) is 4.15. The van der Waals surface area contributed by atoms with Gasteiger partial charge in [0.2, 0.25) is 0 Å². The molecular weight excluding hydrogens is 320 g/mol. The predicted octanol–water partition coefficient (Wildman–Crippen LogP) is 5.12. The molecule has 0 aliphatic carbocycles. The normalized spacial score (nSPS) is 12.4. The van der Waals surface area contributed by atoms with Crippen LogP contribution in [0.3, 0.4) is 0 Å². The summed E-state index contributed by atoms with van der Waals surface area (Å²) in [6.45, 7) is 2.15. The molecule has 0 aliphatic rings. The van der Waals surface area contributed by atoms with Crippen LogP contribution in [0.25, 0.3) is 0 Å². The smallest absolute Gasteiger partial charge is 0.152 e. The van der Waals surface area contributed by atoms with Crippen molar-refractivity contribution in [3.05, 3.63) is 44.3 Å². The van der Waals surface area contributed by atoms with Crippen LogP contribution >= 0.6 is 38.9 Å². The number of hydrogen-bond donors (Lipinski definition) is 1. The molecule has 0 saturated carbocycles. The van der Waals surface area contributed by atoms with Gasteiger partial charge < -0.3 is 5.32 Å². The van der Waals surface area contributed by atoms with E-state index in [2.05, 4.69) is 50.7 Å². The van der Waals surface area contributed by atoms with Crippen LogP contribution in [-0.4, -0.2) is 4.98 Å². The molecule has 0 saturated heterocycles. The summed E-state index contributed by atoms with van der Waals surface area (Å²) in [6.07, 6.45) is 2.70. The lowest BCUT2D eigenvalue weighted by atomic mass is 10.2. The zero-order chi connectivity index (χ0) is 12.3. The van der Waals surface area contributed by atoms with Gasteiger partial charge in [-0.25, -0.2) is 4.98 Å². The largest absolute Gasteiger partial charge is 0.375 e. The molecule has 17 heavy (non-hydrogen) atoms. The molecule has 0 aromatic carbocycles. The van der Waals surface area contributed by atoms with E-state index >= 15 is 0 Å². The van der Waals surface area contributed by atoms with Gasteiger partial charge in [0, 0.05) is 15.5 Å². The van der Waals surface area contributed by atoms with Gasteiger partial charge in [0.15, 0.2) is 5.15 Å². The van der Waals surface area contributed by atoms with Crippen LogP contribution in [0.15, 0.2) is 34.2 Å². The van der Waals surface area contributed by atoms with E-state index in [1.165, 1.54) is 4.88 Å². The molecule has 1 N–H and O–H groups in total. The third-order valence-electron chi connectivity index (χ3n) is 2.43. The van der Waals surface area contributed by atoms with Crippen molar-refractivity contribution in [3.63, 3.8) is 0 Å². The van der Waals surface area contributed by atoms with E-state index in [1.807, 2.05) is 6.07 Å². The maximum Gasteiger partial charge on any atom is 0.152 e. The van der Waals surface area contributed by atoms with E-state index in [-0.39, 0.29) is 6.04 Å². The Labute approximate surface area is 118 Å². The number of hydrogen-bond acceptors (Lipinski definition) is 3. The molecule has 2 heterocycles. The number of aromatic nitrogens is 1. The van der Waals surface area contributed by atoms with E-state index < -0.39 is 0 Å². The fourth-order valence-electron chi connectivity index (χ4n) is 1.58. The molecule has 1 unspecified atom stereocenters. The highest BCUT2D eigenvalue weighted by atomic mass is 79.9. The minimum atomic E-state index is 0.281. The van der Waals surface area contributed by atoms with Gasteiger partial charge in [-0.05, 0) is 39.9 Å². The molecule has 0 amide bonds.